The second-order valence-corrected chi connectivity index (χ2v) is 9.83. The van der Waals surface area contributed by atoms with E-state index in [1.54, 1.807) is 13.3 Å². The third-order valence-electron chi connectivity index (χ3n) is 7.27. The van der Waals surface area contributed by atoms with Gasteiger partial charge in [-0.2, -0.15) is 0 Å². The van der Waals surface area contributed by atoms with Crippen molar-refractivity contribution in [1.29, 1.82) is 0 Å². The van der Waals surface area contributed by atoms with Crippen LogP contribution in [0.15, 0.2) is 30.6 Å². The number of halogens is 1. The third-order valence-corrected chi connectivity index (χ3v) is 7.46. The molecule has 2 N–H and O–H groups in total. The highest BCUT2D eigenvalue weighted by Crippen LogP contribution is 2.37. The summed E-state index contributed by atoms with van der Waals surface area (Å²) in [5.74, 6) is 3.44. The minimum atomic E-state index is 0.467. The highest BCUT2D eigenvalue weighted by molar-refractivity contribution is 6.29. The van der Waals surface area contributed by atoms with Gasteiger partial charge in [0.15, 0.2) is 0 Å². The molecule has 5 rings (SSSR count). The fourth-order valence-corrected chi connectivity index (χ4v) is 5.72. The first-order valence-electron chi connectivity index (χ1n) is 11.9. The highest BCUT2D eigenvalue weighted by Gasteiger charge is 2.25. The SMILES string of the molecule is COc1cnc2[nH]cc(-c3cc(Cl)nc(NC4CCC(CC5CC[CH]CC5)CC4)c3)c2c1. The van der Waals surface area contributed by atoms with Crippen molar-refractivity contribution >= 4 is 28.5 Å². The van der Waals surface area contributed by atoms with E-state index in [2.05, 4.69) is 32.8 Å². The maximum atomic E-state index is 6.42. The number of hydrogen-bond donors (Lipinski definition) is 2. The molecule has 2 aliphatic rings. The normalized spacial score (nSPS) is 22.2. The van der Waals surface area contributed by atoms with Gasteiger partial charge in [0.25, 0.3) is 0 Å². The number of rotatable bonds is 6. The molecule has 3 aromatic rings. The number of aromatic amines is 1. The largest absolute Gasteiger partial charge is 0.495 e. The molecule has 32 heavy (non-hydrogen) atoms. The maximum absolute atomic E-state index is 6.42. The van der Waals surface area contributed by atoms with Crippen LogP contribution in [0.2, 0.25) is 5.15 Å². The molecule has 0 spiro atoms. The minimum absolute atomic E-state index is 0.467. The smallest absolute Gasteiger partial charge is 0.138 e. The number of ether oxygens (including phenoxy) is 1. The van der Waals surface area contributed by atoms with Crippen molar-refractivity contribution in [2.24, 2.45) is 11.8 Å². The summed E-state index contributed by atoms with van der Waals surface area (Å²) in [6.45, 7) is 0. The number of methoxy groups -OCH3 is 1. The lowest BCUT2D eigenvalue weighted by Crippen LogP contribution is -2.27. The highest BCUT2D eigenvalue weighted by atomic mass is 35.5. The van der Waals surface area contributed by atoms with Gasteiger partial charge in [-0.3, -0.25) is 0 Å². The number of nitrogens with zero attached hydrogens (tertiary/aromatic N) is 2. The monoisotopic (exact) mass is 451 g/mol. The fourth-order valence-electron chi connectivity index (χ4n) is 5.52. The molecule has 2 fully saturated rings. The van der Waals surface area contributed by atoms with Crippen LogP contribution in [-0.2, 0) is 0 Å². The molecule has 3 heterocycles. The summed E-state index contributed by atoms with van der Waals surface area (Å²) in [6, 6.07) is 6.47. The van der Waals surface area contributed by atoms with Crippen LogP contribution in [0, 0.1) is 18.3 Å². The quantitative estimate of drug-likeness (QED) is 0.394. The van der Waals surface area contributed by atoms with E-state index in [0.717, 1.165) is 45.6 Å². The summed E-state index contributed by atoms with van der Waals surface area (Å²) in [6.07, 6.45) is 18.1. The van der Waals surface area contributed by atoms with Crippen LogP contribution in [-0.4, -0.2) is 28.1 Å². The number of H-pyrrole nitrogens is 1. The zero-order chi connectivity index (χ0) is 21.9. The molecule has 0 saturated heterocycles. The van der Waals surface area contributed by atoms with Gasteiger partial charge in [-0.05, 0) is 87.0 Å². The maximum Gasteiger partial charge on any atom is 0.138 e. The molecular weight excluding hydrogens is 420 g/mol. The second-order valence-electron chi connectivity index (χ2n) is 9.44. The Morgan fingerprint density at radius 2 is 1.84 bits per heavy atom. The van der Waals surface area contributed by atoms with E-state index >= 15 is 0 Å². The molecule has 3 aromatic heterocycles. The topological polar surface area (TPSA) is 62.8 Å². The fraction of sp³-hybridized carbons (Fsp3) is 0.500. The van der Waals surface area contributed by atoms with Gasteiger partial charge < -0.3 is 15.0 Å². The van der Waals surface area contributed by atoms with Crippen LogP contribution in [0.25, 0.3) is 22.2 Å². The summed E-state index contributed by atoms with van der Waals surface area (Å²) in [7, 11) is 1.66. The van der Waals surface area contributed by atoms with Gasteiger partial charge in [0.2, 0.25) is 0 Å². The van der Waals surface area contributed by atoms with Crippen molar-refractivity contribution in [2.45, 2.75) is 63.8 Å². The summed E-state index contributed by atoms with van der Waals surface area (Å²) >= 11 is 6.42. The Kier molecular flexibility index (Phi) is 6.54. The van der Waals surface area contributed by atoms with Gasteiger partial charge in [0.1, 0.15) is 22.4 Å². The number of hydrogen-bond acceptors (Lipinski definition) is 4. The van der Waals surface area contributed by atoms with E-state index in [4.69, 9.17) is 16.3 Å². The summed E-state index contributed by atoms with van der Waals surface area (Å²) in [5.41, 5.74) is 2.90. The second kappa shape index (κ2) is 9.70. The molecule has 2 saturated carbocycles. The first-order valence-corrected chi connectivity index (χ1v) is 12.3. The van der Waals surface area contributed by atoms with Crippen LogP contribution < -0.4 is 10.1 Å². The predicted octanol–water partition coefficient (Wildman–Crippen LogP) is 7.04. The van der Waals surface area contributed by atoms with Crippen molar-refractivity contribution < 1.29 is 4.74 Å². The Balaban J connectivity index is 1.26. The van der Waals surface area contributed by atoms with E-state index in [9.17, 15) is 0 Å². The molecule has 5 nitrogen and oxygen atoms in total. The molecule has 169 valence electrons. The van der Waals surface area contributed by atoms with Gasteiger partial charge in [-0.1, -0.05) is 24.4 Å². The number of aromatic nitrogens is 3. The molecule has 0 aliphatic heterocycles. The number of fused-ring (bicyclic) bond motifs is 1. The van der Waals surface area contributed by atoms with Crippen LogP contribution >= 0.6 is 11.6 Å². The van der Waals surface area contributed by atoms with E-state index in [0.29, 0.717) is 11.2 Å². The zero-order valence-corrected chi connectivity index (χ0v) is 19.5. The van der Waals surface area contributed by atoms with Gasteiger partial charge in [0.05, 0.1) is 13.3 Å². The van der Waals surface area contributed by atoms with E-state index < -0.39 is 0 Å². The lowest BCUT2D eigenvalue weighted by Gasteiger charge is -2.32. The van der Waals surface area contributed by atoms with Gasteiger partial charge in [0, 0.05) is 23.2 Å². The number of nitrogens with one attached hydrogen (secondary N) is 2. The van der Waals surface area contributed by atoms with Crippen molar-refractivity contribution in [3.63, 3.8) is 0 Å². The molecule has 0 bridgehead atoms. The molecular formula is C26H32ClN4O. The third kappa shape index (κ3) is 4.88. The van der Waals surface area contributed by atoms with E-state index in [1.165, 1.54) is 57.8 Å². The van der Waals surface area contributed by atoms with Crippen molar-refractivity contribution in [3.8, 4) is 16.9 Å². The first-order chi connectivity index (χ1) is 15.7. The number of anilines is 1. The lowest BCUT2D eigenvalue weighted by atomic mass is 9.76. The summed E-state index contributed by atoms with van der Waals surface area (Å²) in [4.78, 5) is 12.2. The molecule has 0 unspecified atom stereocenters. The first kappa shape index (κ1) is 21.6. The standard InChI is InChI=1S/C26H32ClN4O/c1-32-21-14-22-23(16-29-26(22)28-15-21)19-12-24(27)31-25(13-19)30-20-9-7-18(8-10-20)11-17-5-3-2-4-6-17/h2,12-18,20H,3-11H2,1H3,(H,28,29)(H,30,31). The average Bonchev–Trinajstić information content (AvgIpc) is 3.24. The Morgan fingerprint density at radius 3 is 2.62 bits per heavy atom. The molecule has 1 radical (unpaired) electrons. The van der Waals surface area contributed by atoms with Gasteiger partial charge in [-0.25, -0.2) is 9.97 Å². The molecule has 6 heteroatoms. The van der Waals surface area contributed by atoms with Crippen LogP contribution in [0.5, 0.6) is 5.75 Å². The Hall–Kier alpha value is -2.27. The molecule has 0 aromatic carbocycles. The van der Waals surface area contributed by atoms with E-state index in [-0.39, 0.29) is 0 Å². The van der Waals surface area contributed by atoms with Crippen molar-refractivity contribution in [1.82, 2.24) is 15.0 Å². The van der Waals surface area contributed by atoms with Crippen LogP contribution in [0.1, 0.15) is 57.8 Å². The molecule has 2 aliphatic carbocycles. The lowest BCUT2D eigenvalue weighted by molar-refractivity contribution is 0.250. The molecule has 0 atom stereocenters. The number of pyridine rings is 2. The Bertz CT molecular complexity index is 1050. The average molecular weight is 452 g/mol. The predicted molar refractivity (Wildman–Crippen MR) is 131 cm³/mol. The van der Waals surface area contributed by atoms with Crippen LogP contribution in [0.3, 0.4) is 0 Å². The van der Waals surface area contributed by atoms with Gasteiger partial charge >= 0.3 is 0 Å². The Morgan fingerprint density at radius 1 is 1.06 bits per heavy atom. The summed E-state index contributed by atoms with van der Waals surface area (Å²) in [5, 5.41) is 5.18. The van der Waals surface area contributed by atoms with Crippen LogP contribution in [0.4, 0.5) is 5.82 Å². The minimum Gasteiger partial charge on any atom is -0.495 e. The van der Waals surface area contributed by atoms with E-state index in [1.807, 2.05) is 18.3 Å². The van der Waals surface area contributed by atoms with Gasteiger partial charge in [-0.15, -0.1) is 0 Å². The summed E-state index contributed by atoms with van der Waals surface area (Å²) < 4.78 is 5.36. The zero-order valence-electron chi connectivity index (χ0n) is 18.7. The molecule has 0 amide bonds. The van der Waals surface area contributed by atoms with Crippen molar-refractivity contribution in [2.75, 3.05) is 12.4 Å². The van der Waals surface area contributed by atoms with Crippen molar-refractivity contribution in [3.05, 3.63) is 42.2 Å². The Labute approximate surface area is 195 Å².